The van der Waals surface area contributed by atoms with Crippen LogP contribution in [0.15, 0.2) is 76.5 Å². The van der Waals surface area contributed by atoms with Crippen molar-refractivity contribution in [2.75, 3.05) is 0 Å². The highest BCUT2D eigenvalue weighted by atomic mass is 35.5. The third kappa shape index (κ3) is 3.92. The molecule has 1 atom stereocenters. The number of thiophene rings is 1. The molecule has 0 bridgehead atoms. The van der Waals surface area contributed by atoms with Gasteiger partial charge in [0.15, 0.2) is 0 Å². The Morgan fingerprint density at radius 1 is 1.00 bits per heavy atom. The molecule has 0 saturated carbocycles. The van der Waals surface area contributed by atoms with Crippen molar-refractivity contribution < 1.29 is 9.21 Å². The quantitative estimate of drug-likeness (QED) is 0.518. The lowest BCUT2D eigenvalue weighted by Gasteiger charge is -2.15. The second kappa shape index (κ2) is 7.73. The number of hydrogen-bond donors (Lipinski definition) is 1. The van der Waals surface area contributed by atoms with Crippen LogP contribution in [0, 0.1) is 0 Å². The van der Waals surface area contributed by atoms with Crippen LogP contribution in [0.3, 0.4) is 0 Å². The minimum absolute atomic E-state index is 0.190. The molecule has 0 unspecified atom stereocenters. The van der Waals surface area contributed by atoms with Crippen LogP contribution in [0.4, 0.5) is 0 Å². The van der Waals surface area contributed by atoms with E-state index in [1.807, 2.05) is 41.8 Å². The summed E-state index contributed by atoms with van der Waals surface area (Å²) in [5.41, 5.74) is 1.61. The molecule has 2 aromatic heterocycles. The fourth-order valence-corrected chi connectivity index (χ4v) is 3.36. The zero-order chi connectivity index (χ0) is 18.6. The van der Waals surface area contributed by atoms with Crippen molar-refractivity contribution in [3.63, 3.8) is 0 Å². The fraction of sp³-hybridized carbons (Fsp3) is 0.0500. The summed E-state index contributed by atoms with van der Waals surface area (Å²) in [5.74, 6) is 0.495. The maximum atomic E-state index is 12.6. The number of rotatable bonds is 5. The molecular weight excluding hydrogens is 382 g/mol. The number of benzene rings is 2. The van der Waals surface area contributed by atoms with Gasteiger partial charge >= 0.3 is 0 Å². The number of carbonyl (C=O) groups excluding carboxylic acids is 1. The average Bonchev–Trinajstić information content (AvgIpc) is 3.39. The van der Waals surface area contributed by atoms with Crippen molar-refractivity contribution in [1.29, 1.82) is 0 Å². The Balaban J connectivity index is 1.66. The van der Waals surface area contributed by atoms with Gasteiger partial charge < -0.3 is 9.73 Å². The van der Waals surface area contributed by atoms with Crippen LogP contribution < -0.4 is 5.32 Å². The Hall–Kier alpha value is -2.96. The number of amides is 1. The molecule has 4 aromatic rings. The van der Waals surface area contributed by atoms with Gasteiger partial charge in [-0.25, -0.2) is 0 Å². The summed E-state index contributed by atoms with van der Waals surface area (Å²) in [6, 6.07) is 19.7. The predicted octanol–water partition coefficient (Wildman–Crippen LogP) is 4.97. The van der Waals surface area contributed by atoms with Gasteiger partial charge in [0.2, 0.25) is 11.8 Å². The lowest BCUT2D eigenvalue weighted by atomic mass is 10.1. The molecule has 0 aliphatic heterocycles. The third-order valence-electron chi connectivity index (χ3n) is 3.93. The molecule has 0 radical (unpaired) electrons. The van der Waals surface area contributed by atoms with E-state index in [0.29, 0.717) is 21.7 Å². The zero-order valence-corrected chi connectivity index (χ0v) is 15.6. The van der Waals surface area contributed by atoms with E-state index < -0.39 is 6.04 Å². The Bertz CT molecular complexity index is 1030. The molecule has 5 nitrogen and oxygen atoms in total. The highest BCUT2D eigenvalue weighted by Gasteiger charge is 2.24. The molecule has 7 heteroatoms. The highest BCUT2D eigenvalue weighted by Crippen LogP contribution is 2.26. The van der Waals surface area contributed by atoms with Gasteiger partial charge in [-0.15, -0.1) is 21.5 Å². The highest BCUT2D eigenvalue weighted by molar-refractivity contribution is 7.12. The molecule has 1 N–H and O–H groups in total. The van der Waals surface area contributed by atoms with Crippen LogP contribution >= 0.6 is 22.9 Å². The van der Waals surface area contributed by atoms with Gasteiger partial charge in [-0.1, -0.05) is 48.0 Å². The summed E-state index contributed by atoms with van der Waals surface area (Å²) in [7, 11) is 0. The van der Waals surface area contributed by atoms with E-state index in [1.165, 1.54) is 11.3 Å². The minimum atomic E-state index is -0.547. The van der Waals surface area contributed by atoms with Crippen molar-refractivity contribution in [2.45, 2.75) is 6.04 Å². The first-order chi connectivity index (χ1) is 13.2. The number of hydrogen-bond acceptors (Lipinski definition) is 5. The van der Waals surface area contributed by atoms with E-state index in [4.69, 9.17) is 16.0 Å². The van der Waals surface area contributed by atoms with Crippen LogP contribution in [0.2, 0.25) is 5.02 Å². The standard InChI is InChI=1S/C20H14ClN3O2S/c21-15-10-8-14(9-11-15)19-23-24-20(26-19)17(13-5-2-1-3-6-13)22-18(25)16-7-4-12-27-16/h1-12,17H,(H,22,25)/t17-/m1/s1. The molecular formula is C20H14ClN3O2S. The molecule has 0 spiro atoms. The normalized spacial score (nSPS) is 11.9. The number of nitrogens with one attached hydrogen (secondary N) is 1. The molecule has 0 aliphatic rings. The minimum Gasteiger partial charge on any atom is -0.418 e. The van der Waals surface area contributed by atoms with Crippen LogP contribution in [0.5, 0.6) is 0 Å². The summed E-state index contributed by atoms with van der Waals surface area (Å²) in [6.07, 6.45) is 0. The van der Waals surface area contributed by atoms with Gasteiger partial charge in [0.25, 0.3) is 5.91 Å². The van der Waals surface area contributed by atoms with Crippen LogP contribution in [0.1, 0.15) is 27.2 Å². The molecule has 27 heavy (non-hydrogen) atoms. The van der Waals surface area contributed by atoms with Gasteiger partial charge in [-0.3, -0.25) is 4.79 Å². The zero-order valence-electron chi connectivity index (χ0n) is 14.0. The van der Waals surface area contributed by atoms with Gasteiger partial charge in [0.05, 0.1) is 4.88 Å². The van der Waals surface area contributed by atoms with E-state index in [-0.39, 0.29) is 5.91 Å². The molecule has 1 amide bonds. The molecule has 0 saturated heterocycles. The Morgan fingerprint density at radius 2 is 1.78 bits per heavy atom. The lowest BCUT2D eigenvalue weighted by molar-refractivity contribution is 0.0942. The fourth-order valence-electron chi connectivity index (χ4n) is 2.60. The number of nitrogens with zero attached hydrogens (tertiary/aromatic N) is 2. The van der Waals surface area contributed by atoms with Gasteiger partial charge in [-0.2, -0.15) is 0 Å². The number of halogens is 1. The number of carbonyl (C=O) groups is 1. The van der Waals surface area contributed by atoms with Crippen LogP contribution in [-0.4, -0.2) is 16.1 Å². The summed E-state index contributed by atoms with van der Waals surface area (Å²) >= 11 is 7.30. The summed E-state index contributed by atoms with van der Waals surface area (Å²) in [4.78, 5) is 13.2. The van der Waals surface area contributed by atoms with E-state index >= 15 is 0 Å². The molecule has 0 fully saturated rings. The molecule has 134 valence electrons. The number of aromatic nitrogens is 2. The second-order valence-electron chi connectivity index (χ2n) is 5.75. The molecule has 2 heterocycles. The summed E-state index contributed by atoms with van der Waals surface area (Å²) < 4.78 is 5.87. The van der Waals surface area contributed by atoms with Crippen LogP contribution in [0.25, 0.3) is 11.5 Å². The maximum absolute atomic E-state index is 12.6. The first kappa shape index (κ1) is 17.5. The largest absolute Gasteiger partial charge is 0.418 e. The first-order valence-electron chi connectivity index (χ1n) is 8.19. The monoisotopic (exact) mass is 395 g/mol. The predicted molar refractivity (Wildman–Crippen MR) is 105 cm³/mol. The second-order valence-corrected chi connectivity index (χ2v) is 7.13. The Morgan fingerprint density at radius 3 is 2.48 bits per heavy atom. The van der Waals surface area contributed by atoms with Crippen molar-refractivity contribution >= 4 is 28.8 Å². The lowest BCUT2D eigenvalue weighted by Crippen LogP contribution is -2.29. The molecule has 2 aromatic carbocycles. The van der Waals surface area contributed by atoms with Crippen molar-refractivity contribution in [3.8, 4) is 11.5 Å². The summed E-state index contributed by atoms with van der Waals surface area (Å²) in [5, 5.41) is 13.8. The first-order valence-corrected chi connectivity index (χ1v) is 9.45. The van der Waals surface area contributed by atoms with E-state index in [9.17, 15) is 4.79 Å². The van der Waals surface area contributed by atoms with Crippen molar-refractivity contribution in [1.82, 2.24) is 15.5 Å². The maximum Gasteiger partial charge on any atom is 0.262 e. The van der Waals surface area contributed by atoms with Crippen LogP contribution in [-0.2, 0) is 0 Å². The Kier molecular flexibility index (Phi) is 5.00. The van der Waals surface area contributed by atoms with Crippen molar-refractivity contribution in [3.05, 3.63) is 93.5 Å². The van der Waals surface area contributed by atoms with Crippen molar-refractivity contribution in [2.24, 2.45) is 0 Å². The smallest absolute Gasteiger partial charge is 0.262 e. The average molecular weight is 396 g/mol. The topological polar surface area (TPSA) is 68.0 Å². The molecule has 0 aliphatic carbocycles. The van der Waals surface area contributed by atoms with Gasteiger partial charge in [0, 0.05) is 10.6 Å². The van der Waals surface area contributed by atoms with E-state index in [1.54, 1.807) is 30.3 Å². The van der Waals surface area contributed by atoms with E-state index in [2.05, 4.69) is 15.5 Å². The van der Waals surface area contributed by atoms with Gasteiger partial charge in [0.1, 0.15) is 6.04 Å². The third-order valence-corrected chi connectivity index (χ3v) is 5.05. The molecule has 4 rings (SSSR count). The SMILES string of the molecule is O=C(N[C@H](c1ccccc1)c1nnc(-c2ccc(Cl)cc2)o1)c1cccs1. The summed E-state index contributed by atoms with van der Waals surface area (Å²) in [6.45, 7) is 0. The Labute approximate surface area is 164 Å². The van der Waals surface area contributed by atoms with Gasteiger partial charge in [-0.05, 0) is 41.3 Å². The van der Waals surface area contributed by atoms with E-state index in [0.717, 1.165) is 11.1 Å².